The molecule has 2 aromatic carbocycles. The van der Waals surface area contributed by atoms with Gasteiger partial charge in [0.05, 0.1) is 6.54 Å². The van der Waals surface area contributed by atoms with Gasteiger partial charge < -0.3 is 10.2 Å². The van der Waals surface area contributed by atoms with Crippen LogP contribution in [0.3, 0.4) is 0 Å². The number of piperazine rings is 1. The molecule has 8 heteroatoms. The van der Waals surface area contributed by atoms with Gasteiger partial charge in [-0.25, -0.2) is 19.2 Å². The van der Waals surface area contributed by atoms with Gasteiger partial charge in [-0.3, -0.25) is 9.47 Å². The van der Waals surface area contributed by atoms with Crippen LogP contribution in [0.25, 0.3) is 16.9 Å². The van der Waals surface area contributed by atoms with Crippen molar-refractivity contribution < 1.29 is 9.18 Å². The molecule has 174 valence electrons. The molecule has 0 saturated carbocycles. The summed E-state index contributed by atoms with van der Waals surface area (Å²) in [5.74, 6) is 0.598. The summed E-state index contributed by atoms with van der Waals surface area (Å²) < 4.78 is 15.9. The normalized spacial score (nSPS) is 14.5. The Morgan fingerprint density at radius 3 is 2.62 bits per heavy atom. The molecular weight excluding hydrogens is 431 g/mol. The van der Waals surface area contributed by atoms with Gasteiger partial charge in [-0.15, -0.1) is 0 Å². The van der Waals surface area contributed by atoms with Crippen molar-refractivity contribution in [1.29, 1.82) is 0 Å². The van der Waals surface area contributed by atoms with E-state index in [-0.39, 0.29) is 11.8 Å². The van der Waals surface area contributed by atoms with E-state index in [1.54, 1.807) is 30.2 Å². The predicted octanol–water partition coefficient (Wildman–Crippen LogP) is 4.53. The van der Waals surface area contributed by atoms with Crippen LogP contribution in [0.4, 0.5) is 14.9 Å². The summed E-state index contributed by atoms with van der Waals surface area (Å²) in [7, 11) is 0. The smallest absolute Gasteiger partial charge is 0.321 e. The number of fused-ring (bicyclic) bond motifs is 1. The van der Waals surface area contributed by atoms with Gasteiger partial charge in [0.1, 0.15) is 17.2 Å². The third-order valence-electron chi connectivity index (χ3n) is 6.19. The molecule has 7 nitrogen and oxygen atoms in total. The number of carbonyl (C=O) groups is 1. The second kappa shape index (κ2) is 9.23. The molecule has 1 aliphatic rings. The molecule has 1 N–H and O–H groups in total. The molecule has 34 heavy (non-hydrogen) atoms. The topological polar surface area (TPSA) is 66.3 Å². The van der Waals surface area contributed by atoms with Gasteiger partial charge in [0.15, 0.2) is 5.65 Å². The van der Waals surface area contributed by atoms with Crippen molar-refractivity contribution >= 4 is 22.9 Å². The average molecular weight is 459 g/mol. The second-order valence-corrected chi connectivity index (χ2v) is 8.71. The Kier molecular flexibility index (Phi) is 5.98. The fraction of sp³-hybridized carbons (Fsp3) is 0.269. The molecule has 5 rings (SSSR count). The number of aryl methyl sites for hydroxylation is 2. The van der Waals surface area contributed by atoms with Crippen LogP contribution in [0.2, 0.25) is 0 Å². The molecule has 0 aliphatic carbocycles. The number of nitrogens with zero attached hydrogens (tertiary/aromatic N) is 5. The second-order valence-electron chi connectivity index (χ2n) is 8.71. The Labute approximate surface area is 197 Å². The van der Waals surface area contributed by atoms with Crippen molar-refractivity contribution in [2.75, 3.05) is 31.5 Å². The van der Waals surface area contributed by atoms with Crippen LogP contribution in [0.5, 0.6) is 0 Å². The first-order valence-electron chi connectivity index (χ1n) is 11.4. The third-order valence-corrected chi connectivity index (χ3v) is 6.19. The largest absolute Gasteiger partial charge is 0.322 e. The molecule has 3 heterocycles. The Morgan fingerprint density at radius 1 is 1.03 bits per heavy atom. The van der Waals surface area contributed by atoms with Gasteiger partial charge in [-0.1, -0.05) is 18.2 Å². The standard InChI is InChI=1S/C26H27FN6O/c1-18-5-3-6-21(15-18)33-24(30-23-7-4-10-28-25(23)33)17-31-11-13-32(14-12-31)26(34)29-20-9-8-19(2)22(27)16-20/h3-10,15-16H,11-14,17H2,1-2H3,(H,29,34). The molecule has 1 fully saturated rings. The Hall–Kier alpha value is -3.78. The zero-order chi connectivity index (χ0) is 23.7. The monoisotopic (exact) mass is 458 g/mol. The molecule has 0 bridgehead atoms. The zero-order valence-electron chi connectivity index (χ0n) is 19.3. The van der Waals surface area contributed by atoms with Crippen LogP contribution < -0.4 is 5.32 Å². The highest BCUT2D eigenvalue weighted by molar-refractivity contribution is 5.89. The molecular formula is C26H27FN6O. The van der Waals surface area contributed by atoms with Crippen molar-refractivity contribution in [2.45, 2.75) is 20.4 Å². The fourth-order valence-corrected chi connectivity index (χ4v) is 4.29. The molecule has 1 saturated heterocycles. The van der Waals surface area contributed by atoms with E-state index in [2.05, 4.69) is 44.9 Å². The predicted molar refractivity (Wildman–Crippen MR) is 131 cm³/mol. The summed E-state index contributed by atoms with van der Waals surface area (Å²) in [4.78, 5) is 26.2. The maximum absolute atomic E-state index is 13.8. The van der Waals surface area contributed by atoms with Gasteiger partial charge >= 0.3 is 6.03 Å². The quantitative estimate of drug-likeness (QED) is 0.488. The molecule has 2 amide bonds. The minimum Gasteiger partial charge on any atom is -0.322 e. The molecule has 2 aromatic heterocycles. The number of anilines is 1. The highest BCUT2D eigenvalue weighted by Gasteiger charge is 2.23. The van der Waals surface area contributed by atoms with Gasteiger partial charge in [0.25, 0.3) is 0 Å². The first kappa shape index (κ1) is 22.0. The number of hydrogen-bond acceptors (Lipinski definition) is 4. The number of pyridine rings is 1. The van der Waals surface area contributed by atoms with E-state index in [0.717, 1.165) is 35.8 Å². The van der Waals surface area contributed by atoms with E-state index in [1.807, 2.05) is 18.2 Å². The highest BCUT2D eigenvalue weighted by atomic mass is 19.1. The third kappa shape index (κ3) is 4.49. The van der Waals surface area contributed by atoms with Gasteiger partial charge in [0.2, 0.25) is 0 Å². The van der Waals surface area contributed by atoms with E-state index in [9.17, 15) is 9.18 Å². The van der Waals surface area contributed by atoms with Crippen molar-refractivity contribution in [3.63, 3.8) is 0 Å². The number of rotatable bonds is 4. The van der Waals surface area contributed by atoms with E-state index < -0.39 is 0 Å². The van der Waals surface area contributed by atoms with Crippen LogP contribution >= 0.6 is 0 Å². The zero-order valence-corrected chi connectivity index (χ0v) is 19.3. The maximum Gasteiger partial charge on any atom is 0.321 e. The first-order valence-corrected chi connectivity index (χ1v) is 11.4. The number of nitrogens with one attached hydrogen (secondary N) is 1. The minimum atomic E-state index is -0.325. The molecule has 0 spiro atoms. The van der Waals surface area contributed by atoms with Crippen LogP contribution in [0.15, 0.2) is 60.8 Å². The molecule has 0 unspecified atom stereocenters. The van der Waals surface area contributed by atoms with Crippen LogP contribution in [-0.2, 0) is 6.54 Å². The lowest BCUT2D eigenvalue weighted by atomic mass is 10.2. The van der Waals surface area contributed by atoms with Crippen LogP contribution in [-0.4, -0.2) is 56.5 Å². The number of halogens is 1. The number of aromatic nitrogens is 3. The van der Waals surface area contributed by atoms with Crippen molar-refractivity contribution in [2.24, 2.45) is 0 Å². The summed E-state index contributed by atoms with van der Waals surface area (Å²) in [5.41, 5.74) is 4.94. The lowest BCUT2D eigenvalue weighted by molar-refractivity contribution is 0.140. The number of urea groups is 1. The first-order chi connectivity index (χ1) is 16.5. The molecule has 1 aliphatic heterocycles. The summed E-state index contributed by atoms with van der Waals surface area (Å²) in [6, 6.07) is 16.7. The molecule has 0 radical (unpaired) electrons. The van der Waals surface area contributed by atoms with E-state index in [4.69, 9.17) is 4.98 Å². The SMILES string of the molecule is Cc1cccc(-n2c(CN3CCN(C(=O)Nc4ccc(C)c(F)c4)CC3)nc3cccnc32)c1. The van der Waals surface area contributed by atoms with Crippen molar-refractivity contribution in [3.05, 3.63) is 83.6 Å². The van der Waals surface area contributed by atoms with Gasteiger partial charge in [0, 0.05) is 43.8 Å². The van der Waals surface area contributed by atoms with E-state index in [1.165, 1.54) is 11.6 Å². The van der Waals surface area contributed by atoms with Crippen LogP contribution in [0, 0.1) is 19.7 Å². The Morgan fingerprint density at radius 2 is 1.85 bits per heavy atom. The fourth-order valence-electron chi connectivity index (χ4n) is 4.29. The van der Waals surface area contributed by atoms with Crippen molar-refractivity contribution in [3.8, 4) is 5.69 Å². The number of amides is 2. The lowest BCUT2D eigenvalue weighted by Crippen LogP contribution is -2.49. The Balaban J connectivity index is 1.28. The summed E-state index contributed by atoms with van der Waals surface area (Å²) in [6.07, 6.45) is 1.79. The minimum absolute atomic E-state index is 0.209. The summed E-state index contributed by atoms with van der Waals surface area (Å²) >= 11 is 0. The Bertz CT molecular complexity index is 1340. The van der Waals surface area contributed by atoms with Gasteiger partial charge in [-0.2, -0.15) is 0 Å². The number of benzene rings is 2. The number of hydrogen-bond donors (Lipinski definition) is 1. The van der Waals surface area contributed by atoms with Gasteiger partial charge in [-0.05, 0) is 61.4 Å². The number of imidazole rings is 1. The van der Waals surface area contributed by atoms with Crippen molar-refractivity contribution in [1.82, 2.24) is 24.3 Å². The number of carbonyl (C=O) groups excluding carboxylic acids is 1. The summed E-state index contributed by atoms with van der Waals surface area (Å²) in [6.45, 7) is 7.05. The maximum atomic E-state index is 13.8. The van der Waals surface area contributed by atoms with E-state index in [0.29, 0.717) is 30.9 Å². The molecule has 0 atom stereocenters. The van der Waals surface area contributed by atoms with Crippen LogP contribution in [0.1, 0.15) is 17.0 Å². The lowest BCUT2D eigenvalue weighted by Gasteiger charge is -2.34. The van der Waals surface area contributed by atoms with E-state index >= 15 is 0 Å². The summed E-state index contributed by atoms with van der Waals surface area (Å²) in [5, 5.41) is 2.80. The average Bonchev–Trinajstić information content (AvgIpc) is 3.19. The highest BCUT2D eigenvalue weighted by Crippen LogP contribution is 2.22. The molecule has 4 aromatic rings.